The summed E-state index contributed by atoms with van der Waals surface area (Å²) in [5, 5.41) is 0. The van der Waals surface area contributed by atoms with E-state index in [-0.39, 0.29) is 12.8 Å². The third-order valence-corrected chi connectivity index (χ3v) is 9.10. The van der Waals surface area contributed by atoms with Crippen molar-refractivity contribution in [3.63, 3.8) is 0 Å². The first-order chi connectivity index (χ1) is 6.39. The number of hydrogen-bond donors (Lipinski definition) is 0. The lowest BCUT2D eigenvalue weighted by molar-refractivity contribution is 0.546. The number of allylic oxidation sites excluding steroid dienone is 2. The van der Waals surface area contributed by atoms with Crippen LogP contribution in [0.3, 0.4) is 0 Å². The molecule has 0 saturated carbocycles. The van der Waals surface area contributed by atoms with E-state index in [0.717, 1.165) is 0 Å². The van der Waals surface area contributed by atoms with Crippen molar-refractivity contribution in [2.45, 2.75) is 22.0 Å². The van der Waals surface area contributed by atoms with Gasteiger partial charge in [0.05, 0.1) is 0 Å². The van der Waals surface area contributed by atoms with Crippen molar-refractivity contribution in [2.75, 3.05) is 0 Å². The molecule has 14 heavy (non-hydrogen) atoms. The predicted octanol–water partition coefficient (Wildman–Crippen LogP) is 0.634. The summed E-state index contributed by atoms with van der Waals surface area (Å²) in [7, 11) is -7.05. The summed E-state index contributed by atoms with van der Waals surface area (Å²) in [5.41, 5.74) is 0. The molecule has 1 aliphatic heterocycles. The minimum Gasteiger partial charge on any atom is -0.226 e. The molecule has 0 aliphatic carbocycles. The third-order valence-electron chi connectivity index (χ3n) is 2.18. The van der Waals surface area contributed by atoms with Gasteiger partial charge in [0.15, 0.2) is 28.8 Å². The van der Waals surface area contributed by atoms with Gasteiger partial charge < -0.3 is 0 Å². The lowest BCUT2D eigenvalue weighted by Crippen LogP contribution is -2.55. The molecule has 1 heterocycles. The topological polar surface area (TPSA) is 68.3 Å². The van der Waals surface area contributed by atoms with Crippen molar-refractivity contribution in [3.05, 3.63) is 25.3 Å². The predicted molar refractivity (Wildman–Crippen MR) is 55.0 cm³/mol. The highest BCUT2D eigenvalue weighted by atomic mass is 32.3. The highest BCUT2D eigenvalue weighted by Gasteiger charge is 2.59. The van der Waals surface area contributed by atoms with E-state index < -0.39 is 28.8 Å². The van der Waals surface area contributed by atoms with Crippen LogP contribution in [0.25, 0.3) is 0 Å². The van der Waals surface area contributed by atoms with Gasteiger partial charge in [-0.1, -0.05) is 12.2 Å². The van der Waals surface area contributed by atoms with E-state index in [9.17, 15) is 16.8 Å². The van der Waals surface area contributed by atoms with Crippen LogP contribution in [0.15, 0.2) is 25.3 Å². The summed E-state index contributed by atoms with van der Waals surface area (Å²) in [4.78, 5) is 0. The van der Waals surface area contributed by atoms with Crippen LogP contribution in [-0.2, 0) is 19.7 Å². The fourth-order valence-corrected chi connectivity index (χ4v) is 7.54. The van der Waals surface area contributed by atoms with Crippen molar-refractivity contribution in [2.24, 2.45) is 0 Å². The molecule has 6 heteroatoms. The van der Waals surface area contributed by atoms with Gasteiger partial charge in [-0.25, -0.2) is 16.8 Å². The molecule has 0 N–H and O–H groups in total. The van der Waals surface area contributed by atoms with Gasteiger partial charge in [0.25, 0.3) is 0 Å². The van der Waals surface area contributed by atoms with E-state index >= 15 is 0 Å². The molecule has 1 saturated heterocycles. The molecule has 4 nitrogen and oxygen atoms in total. The zero-order valence-electron chi connectivity index (χ0n) is 7.59. The van der Waals surface area contributed by atoms with Gasteiger partial charge in [-0.05, 0) is 12.8 Å². The lowest BCUT2D eigenvalue weighted by Gasteiger charge is -2.33. The molecule has 0 atom stereocenters. The molecule has 0 aromatic heterocycles. The molecular formula is C8H12O4S2. The van der Waals surface area contributed by atoms with E-state index in [4.69, 9.17) is 0 Å². The first-order valence-electron chi connectivity index (χ1n) is 4.06. The summed E-state index contributed by atoms with van der Waals surface area (Å²) in [6, 6.07) is 0. The van der Waals surface area contributed by atoms with E-state index in [1.54, 1.807) is 0 Å². The Hall–Kier alpha value is -0.620. The minimum atomic E-state index is -3.53. The minimum absolute atomic E-state index is 0.0295. The van der Waals surface area contributed by atoms with Crippen LogP contribution in [-0.4, -0.2) is 26.0 Å². The Kier molecular flexibility index (Phi) is 2.87. The normalized spacial score (nSPS) is 32.9. The SMILES string of the molecule is C=CCC1S(=O)(=O)C(CC=C)S1(=O)=O. The Morgan fingerprint density at radius 1 is 0.857 bits per heavy atom. The second-order valence-electron chi connectivity index (χ2n) is 3.09. The maximum Gasteiger partial charge on any atom is 0.185 e. The smallest absolute Gasteiger partial charge is 0.185 e. The summed E-state index contributed by atoms with van der Waals surface area (Å²) in [5.74, 6) is 0. The molecule has 0 amide bonds. The Bertz CT molecular complexity index is 380. The number of rotatable bonds is 4. The fourth-order valence-electron chi connectivity index (χ4n) is 1.47. The van der Waals surface area contributed by atoms with Gasteiger partial charge in [-0.3, -0.25) is 0 Å². The number of sulfone groups is 2. The summed E-state index contributed by atoms with van der Waals surface area (Å²) in [6.45, 7) is 6.67. The quantitative estimate of drug-likeness (QED) is 0.671. The summed E-state index contributed by atoms with van der Waals surface area (Å²) >= 11 is 0. The molecule has 0 spiro atoms. The first kappa shape index (κ1) is 11.5. The molecule has 1 rings (SSSR count). The molecule has 0 aromatic rings. The highest BCUT2D eigenvalue weighted by molar-refractivity contribution is 8.25. The first-order valence-corrected chi connectivity index (χ1v) is 7.28. The van der Waals surface area contributed by atoms with Crippen LogP contribution in [0.2, 0.25) is 0 Å². The van der Waals surface area contributed by atoms with Gasteiger partial charge in [0.1, 0.15) is 0 Å². The van der Waals surface area contributed by atoms with Crippen LogP contribution >= 0.6 is 0 Å². The zero-order valence-corrected chi connectivity index (χ0v) is 9.22. The van der Waals surface area contributed by atoms with Crippen LogP contribution in [0.4, 0.5) is 0 Å². The van der Waals surface area contributed by atoms with E-state index in [1.807, 2.05) is 0 Å². The molecule has 0 aromatic carbocycles. The van der Waals surface area contributed by atoms with Crippen LogP contribution in [0.1, 0.15) is 12.8 Å². The van der Waals surface area contributed by atoms with E-state index in [0.29, 0.717) is 0 Å². The van der Waals surface area contributed by atoms with Gasteiger partial charge in [0, 0.05) is 0 Å². The van der Waals surface area contributed by atoms with Crippen molar-refractivity contribution < 1.29 is 16.8 Å². The maximum absolute atomic E-state index is 11.5. The standard InChI is InChI=1S/C8H12O4S2/c1-3-5-7-13(9,10)8(6-4-2)14(7,11)12/h3-4,7-8H,1-2,5-6H2. The van der Waals surface area contributed by atoms with Crippen molar-refractivity contribution >= 4 is 19.7 Å². The molecule has 0 unspecified atom stereocenters. The van der Waals surface area contributed by atoms with Crippen molar-refractivity contribution in [1.82, 2.24) is 0 Å². The van der Waals surface area contributed by atoms with Crippen LogP contribution in [0.5, 0.6) is 0 Å². The Morgan fingerprint density at radius 2 is 1.14 bits per heavy atom. The molecule has 1 fully saturated rings. The second kappa shape index (κ2) is 3.51. The van der Waals surface area contributed by atoms with Crippen LogP contribution < -0.4 is 0 Å². The highest BCUT2D eigenvalue weighted by Crippen LogP contribution is 2.38. The molecule has 0 radical (unpaired) electrons. The molecule has 80 valence electrons. The van der Waals surface area contributed by atoms with Gasteiger partial charge in [0.2, 0.25) is 0 Å². The molecule has 0 bridgehead atoms. The maximum atomic E-state index is 11.5. The largest absolute Gasteiger partial charge is 0.226 e. The Morgan fingerprint density at radius 3 is 1.36 bits per heavy atom. The monoisotopic (exact) mass is 236 g/mol. The zero-order chi connectivity index (χ0) is 11.0. The van der Waals surface area contributed by atoms with Crippen LogP contribution in [0, 0.1) is 0 Å². The molecule has 1 aliphatic rings. The van der Waals surface area contributed by atoms with Crippen molar-refractivity contribution in [1.29, 1.82) is 0 Å². The average Bonchev–Trinajstić information content (AvgIpc) is 2.09. The van der Waals surface area contributed by atoms with E-state index in [1.165, 1.54) is 12.2 Å². The summed E-state index contributed by atoms with van der Waals surface area (Å²) in [6.07, 6.45) is 2.56. The van der Waals surface area contributed by atoms with Gasteiger partial charge in [-0.15, -0.1) is 13.2 Å². The number of hydrogen-bond acceptors (Lipinski definition) is 4. The second-order valence-corrected chi connectivity index (χ2v) is 8.31. The summed E-state index contributed by atoms with van der Waals surface area (Å²) < 4.78 is 43.3. The molecular weight excluding hydrogens is 224 g/mol. The average molecular weight is 236 g/mol. The Balaban J connectivity index is 3.08. The van der Waals surface area contributed by atoms with E-state index in [2.05, 4.69) is 13.2 Å². The van der Waals surface area contributed by atoms with Gasteiger partial charge in [-0.2, -0.15) is 0 Å². The van der Waals surface area contributed by atoms with Crippen molar-refractivity contribution in [3.8, 4) is 0 Å². The Labute approximate surface area is 84.2 Å². The van der Waals surface area contributed by atoms with Gasteiger partial charge >= 0.3 is 0 Å². The lowest BCUT2D eigenvalue weighted by atomic mass is 10.5. The third kappa shape index (κ3) is 1.42. The fraction of sp³-hybridized carbons (Fsp3) is 0.500.